The lowest BCUT2D eigenvalue weighted by Crippen LogP contribution is -2.51. The maximum Gasteiger partial charge on any atom is 0.331 e. The van der Waals surface area contributed by atoms with Gasteiger partial charge in [-0.1, -0.05) is 48.9 Å². The summed E-state index contributed by atoms with van der Waals surface area (Å²) in [4.78, 5) is 67.8. The highest BCUT2D eigenvalue weighted by atomic mass is 35.5. The molecule has 0 bridgehead atoms. The Morgan fingerprint density at radius 2 is 1.77 bits per heavy atom. The number of likely N-dealkylation sites (tertiary alicyclic amines) is 1. The molecule has 0 spiro atoms. The number of aliphatic carboxylic acids is 1. The van der Waals surface area contributed by atoms with Gasteiger partial charge in [-0.25, -0.2) is 14.0 Å². The van der Waals surface area contributed by atoms with Crippen LogP contribution in [-0.2, 0) is 29.1 Å². The van der Waals surface area contributed by atoms with Crippen LogP contribution in [0.5, 0.6) is 0 Å². The molecule has 2 aliphatic heterocycles. The first-order valence-corrected chi connectivity index (χ1v) is 14.4. The summed E-state index contributed by atoms with van der Waals surface area (Å²) in [6.07, 6.45) is 2.97. The second-order valence-electron chi connectivity index (χ2n) is 10.9. The second kappa shape index (κ2) is 12.4. The first kappa shape index (κ1) is 30.0. The quantitative estimate of drug-likeness (QED) is 0.421. The van der Waals surface area contributed by atoms with Crippen LogP contribution in [0.1, 0.15) is 25.3 Å². The van der Waals surface area contributed by atoms with Gasteiger partial charge in [0, 0.05) is 49.7 Å². The van der Waals surface area contributed by atoms with Crippen molar-refractivity contribution in [2.45, 2.75) is 45.3 Å². The molecule has 11 nitrogen and oxygen atoms in total. The molecule has 1 fully saturated rings. The average Bonchev–Trinajstić information content (AvgIpc) is 3.16. The Labute approximate surface area is 251 Å². The van der Waals surface area contributed by atoms with Crippen LogP contribution in [0.4, 0.5) is 14.9 Å². The van der Waals surface area contributed by atoms with Crippen LogP contribution in [0, 0.1) is 11.7 Å². The molecule has 3 aromatic rings. The lowest BCUT2D eigenvalue weighted by atomic mass is 10.0. The van der Waals surface area contributed by atoms with E-state index in [-0.39, 0.29) is 34.1 Å². The zero-order valence-corrected chi connectivity index (χ0v) is 24.2. The lowest BCUT2D eigenvalue weighted by Gasteiger charge is -2.38. The Kier molecular flexibility index (Phi) is 8.67. The van der Waals surface area contributed by atoms with E-state index in [2.05, 4.69) is 5.32 Å². The number of aromatic nitrogens is 2. The highest BCUT2D eigenvalue weighted by Gasteiger charge is 2.32. The van der Waals surface area contributed by atoms with Crippen molar-refractivity contribution in [3.05, 3.63) is 85.9 Å². The normalized spacial score (nSPS) is 16.3. The molecule has 13 heteroatoms. The van der Waals surface area contributed by atoms with Crippen LogP contribution in [0.25, 0.3) is 11.1 Å². The van der Waals surface area contributed by atoms with Gasteiger partial charge in [-0.05, 0) is 37.0 Å². The zero-order valence-electron chi connectivity index (χ0n) is 23.5. The highest BCUT2D eigenvalue weighted by Crippen LogP contribution is 2.28. The number of nitrogens with zero attached hydrogens (tertiary/aromatic N) is 4. The van der Waals surface area contributed by atoms with E-state index in [0.717, 1.165) is 32.6 Å². The molecule has 3 amide bonds. The number of anilines is 1. The summed E-state index contributed by atoms with van der Waals surface area (Å²) in [6.45, 7) is 1.73. The van der Waals surface area contributed by atoms with Gasteiger partial charge in [0.1, 0.15) is 12.4 Å². The number of carboxylic acid groups (broad SMARTS) is 1. The third-order valence-corrected chi connectivity index (χ3v) is 8.45. The molecule has 1 saturated heterocycles. The van der Waals surface area contributed by atoms with Crippen LogP contribution in [-0.4, -0.2) is 67.6 Å². The van der Waals surface area contributed by atoms with E-state index in [1.54, 1.807) is 9.80 Å². The van der Waals surface area contributed by atoms with Gasteiger partial charge >= 0.3 is 17.7 Å². The summed E-state index contributed by atoms with van der Waals surface area (Å²) >= 11 is 6.14. The number of fused-ring (bicyclic) bond motifs is 1. The fourth-order valence-corrected chi connectivity index (χ4v) is 5.81. The SMILES string of the molecule is CC(Cn1c(=O)c(-c2cccc(F)c2Cl)cn(CC(=O)N2CCC(N3CCc4ccccc4NC3=O)CC2)c1=O)C(=O)O. The highest BCUT2D eigenvalue weighted by molar-refractivity contribution is 6.33. The Hall–Kier alpha value is -4.45. The van der Waals surface area contributed by atoms with Gasteiger partial charge < -0.3 is 20.2 Å². The number of hydrogen-bond donors (Lipinski definition) is 2. The number of urea groups is 1. The van der Waals surface area contributed by atoms with Gasteiger partial charge in [0.15, 0.2) is 0 Å². The fraction of sp³-hybridized carbons (Fsp3) is 0.367. The van der Waals surface area contributed by atoms with Crippen molar-refractivity contribution in [2.24, 2.45) is 5.92 Å². The molecular weight excluding hydrogens is 581 g/mol. The minimum Gasteiger partial charge on any atom is -0.481 e. The Balaban J connectivity index is 1.35. The summed E-state index contributed by atoms with van der Waals surface area (Å²) in [5.74, 6) is -3.47. The van der Waals surface area contributed by atoms with Crippen molar-refractivity contribution in [2.75, 3.05) is 25.0 Å². The average molecular weight is 612 g/mol. The van der Waals surface area contributed by atoms with Crippen molar-refractivity contribution < 1.29 is 23.9 Å². The third-order valence-electron chi connectivity index (χ3n) is 8.06. The summed E-state index contributed by atoms with van der Waals surface area (Å²) in [5.41, 5.74) is 0.0384. The van der Waals surface area contributed by atoms with Crippen LogP contribution in [0.2, 0.25) is 5.02 Å². The van der Waals surface area contributed by atoms with E-state index >= 15 is 0 Å². The standard InChI is InChI=1S/C30H31ClFN5O6/c1-18(28(40)41)15-37-27(39)22(21-6-4-7-23(32)26(21)31)16-35(30(37)43)17-25(38)34-12-10-20(11-13-34)36-14-9-19-5-2-3-8-24(19)33-29(36)42/h2-8,16,18,20H,9-15,17H2,1H3,(H,33,42)(H,40,41). The Bertz CT molecular complexity index is 1700. The molecule has 2 N–H and O–H groups in total. The van der Waals surface area contributed by atoms with Crippen LogP contribution < -0.4 is 16.6 Å². The number of rotatable bonds is 7. The monoisotopic (exact) mass is 611 g/mol. The molecule has 1 unspecified atom stereocenters. The van der Waals surface area contributed by atoms with Crippen LogP contribution in [0.3, 0.4) is 0 Å². The van der Waals surface area contributed by atoms with Gasteiger partial charge in [0.25, 0.3) is 5.56 Å². The van der Waals surface area contributed by atoms with Crippen molar-refractivity contribution >= 4 is 35.2 Å². The van der Waals surface area contributed by atoms with E-state index in [1.807, 2.05) is 24.3 Å². The first-order valence-electron chi connectivity index (χ1n) is 14.0. The molecule has 1 atom stereocenters. The second-order valence-corrected chi connectivity index (χ2v) is 11.2. The molecule has 5 rings (SSSR count). The number of carbonyl (C=O) groups excluding carboxylic acids is 2. The molecule has 0 aliphatic carbocycles. The van der Waals surface area contributed by atoms with E-state index < -0.39 is 42.0 Å². The number of hydrogen-bond acceptors (Lipinski definition) is 5. The molecule has 0 saturated carbocycles. The topological polar surface area (TPSA) is 134 Å². The predicted molar refractivity (Wildman–Crippen MR) is 158 cm³/mol. The van der Waals surface area contributed by atoms with Crippen molar-refractivity contribution in [1.82, 2.24) is 18.9 Å². The molecule has 43 heavy (non-hydrogen) atoms. The van der Waals surface area contributed by atoms with Crippen molar-refractivity contribution in [3.8, 4) is 11.1 Å². The molecule has 1 aromatic heterocycles. The maximum atomic E-state index is 14.3. The summed E-state index contributed by atoms with van der Waals surface area (Å²) in [5, 5.41) is 12.0. The number of para-hydroxylation sites is 1. The minimum atomic E-state index is -1.21. The fourth-order valence-electron chi connectivity index (χ4n) is 5.59. The van der Waals surface area contributed by atoms with E-state index in [9.17, 15) is 33.5 Å². The molecule has 226 valence electrons. The molecular formula is C30H31ClFN5O6. The van der Waals surface area contributed by atoms with Crippen molar-refractivity contribution in [3.63, 3.8) is 0 Å². The Morgan fingerprint density at radius 1 is 1.05 bits per heavy atom. The summed E-state index contributed by atoms with van der Waals surface area (Å²) in [7, 11) is 0. The van der Waals surface area contributed by atoms with Gasteiger partial charge in [0.05, 0.1) is 16.5 Å². The molecule has 2 aliphatic rings. The van der Waals surface area contributed by atoms with Gasteiger partial charge in [-0.2, -0.15) is 0 Å². The smallest absolute Gasteiger partial charge is 0.331 e. The van der Waals surface area contributed by atoms with E-state index in [4.69, 9.17) is 11.6 Å². The molecule has 2 aromatic carbocycles. The predicted octanol–water partition coefficient (Wildman–Crippen LogP) is 3.27. The first-order chi connectivity index (χ1) is 20.5. The van der Waals surface area contributed by atoms with Gasteiger partial charge in [-0.15, -0.1) is 0 Å². The lowest BCUT2D eigenvalue weighted by molar-refractivity contribution is -0.141. The minimum absolute atomic E-state index is 0.0169. The number of piperidine rings is 1. The number of amides is 3. The Morgan fingerprint density at radius 3 is 2.49 bits per heavy atom. The van der Waals surface area contributed by atoms with E-state index in [1.165, 1.54) is 19.1 Å². The number of carbonyl (C=O) groups is 3. The maximum absolute atomic E-state index is 14.3. The van der Waals surface area contributed by atoms with Crippen molar-refractivity contribution in [1.29, 1.82) is 0 Å². The van der Waals surface area contributed by atoms with E-state index in [0.29, 0.717) is 38.9 Å². The van der Waals surface area contributed by atoms with Crippen LogP contribution in [0.15, 0.2) is 58.3 Å². The molecule has 0 radical (unpaired) electrons. The van der Waals surface area contributed by atoms with Crippen LogP contribution >= 0.6 is 11.6 Å². The summed E-state index contributed by atoms with van der Waals surface area (Å²) in [6, 6.07) is 11.3. The third kappa shape index (κ3) is 6.19. The summed E-state index contributed by atoms with van der Waals surface area (Å²) < 4.78 is 16.0. The number of carboxylic acids is 1. The zero-order chi connectivity index (χ0) is 30.8. The number of nitrogens with one attached hydrogen (secondary N) is 1. The van der Waals surface area contributed by atoms with Gasteiger partial charge in [0.2, 0.25) is 5.91 Å². The molecule has 3 heterocycles. The van der Waals surface area contributed by atoms with Gasteiger partial charge in [-0.3, -0.25) is 23.5 Å². The number of halogens is 2. The largest absolute Gasteiger partial charge is 0.481 e. The number of benzene rings is 2.